The molecule has 0 bridgehead atoms. The van der Waals surface area contributed by atoms with E-state index >= 15 is 0 Å². The van der Waals surface area contributed by atoms with E-state index in [1.807, 2.05) is 39.0 Å². The van der Waals surface area contributed by atoms with Crippen LogP contribution in [0.15, 0.2) is 18.2 Å². The van der Waals surface area contributed by atoms with Crippen molar-refractivity contribution >= 4 is 11.8 Å². The summed E-state index contributed by atoms with van der Waals surface area (Å²) in [4.78, 5) is 23.2. The van der Waals surface area contributed by atoms with E-state index < -0.39 is 5.60 Å². The minimum atomic E-state index is -0.455. The molecule has 0 heterocycles. The molecule has 0 N–H and O–H groups in total. The third kappa shape index (κ3) is 2.97. The number of aryl methyl sites for hydroxylation is 1. The van der Waals surface area contributed by atoms with Crippen molar-refractivity contribution in [2.45, 2.75) is 45.6 Å². The number of ether oxygens (including phenoxy) is 1. The highest BCUT2D eigenvalue weighted by atomic mass is 16.6. The molecular formula is C15H18O3. The van der Waals surface area contributed by atoms with Gasteiger partial charge in [0.15, 0.2) is 5.78 Å². The monoisotopic (exact) mass is 246 g/mol. The molecular weight excluding hydrogens is 228 g/mol. The van der Waals surface area contributed by atoms with E-state index in [2.05, 4.69) is 0 Å². The van der Waals surface area contributed by atoms with Gasteiger partial charge >= 0.3 is 5.97 Å². The van der Waals surface area contributed by atoms with Crippen LogP contribution in [-0.4, -0.2) is 17.4 Å². The summed E-state index contributed by atoms with van der Waals surface area (Å²) < 4.78 is 5.28. The number of benzene rings is 1. The molecule has 1 aliphatic carbocycles. The molecule has 0 amide bonds. The summed E-state index contributed by atoms with van der Waals surface area (Å²) in [6.45, 7) is 5.56. The maximum absolute atomic E-state index is 11.7. The predicted octanol–water partition coefficient (Wildman–Crippen LogP) is 2.70. The molecule has 2 rings (SSSR count). The topological polar surface area (TPSA) is 43.4 Å². The van der Waals surface area contributed by atoms with Gasteiger partial charge in [0.2, 0.25) is 0 Å². The Kier molecular flexibility index (Phi) is 3.24. The number of fused-ring (bicyclic) bond motifs is 1. The van der Waals surface area contributed by atoms with Crippen molar-refractivity contribution in [2.24, 2.45) is 0 Å². The number of Topliss-reactive ketones (excluding diaryl/α,β-unsaturated/α-hetero) is 1. The maximum atomic E-state index is 11.7. The standard InChI is InChI=1S/C15H18O3/c1-15(2,3)18-14(17)9-10-4-6-12-11(8-10)5-7-13(12)16/h4,6,8H,5,7,9H2,1-3H3. The van der Waals surface area contributed by atoms with Gasteiger partial charge in [-0.1, -0.05) is 18.2 Å². The van der Waals surface area contributed by atoms with E-state index in [9.17, 15) is 9.59 Å². The summed E-state index contributed by atoms with van der Waals surface area (Å²) in [5, 5.41) is 0. The molecule has 96 valence electrons. The number of hydrogen-bond donors (Lipinski definition) is 0. The average Bonchev–Trinajstić information content (AvgIpc) is 2.57. The van der Waals surface area contributed by atoms with Crippen molar-refractivity contribution in [1.29, 1.82) is 0 Å². The van der Waals surface area contributed by atoms with Crippen molar-refractivity contribution in [3.05, 3.63) is 34.9 Å². The Morgan fingerprint density at radius 2 is 2.00 bits per heavy atom. The van der Waals surface area contributed by atoms with E-state index in [4.69, 9.17) is 4.74 Å². The van der Waals surface area contributed by atoms with Gasteiger partial charge in [-0.15, -0.1) is 0 Å². The van der Waals surface area contributed by atoms with E-state index in [0.29, 0.717) is 6.42 Å². The summed E-state index contributed by atoms with van der Waals surface area (Å²) in [6.07, 6.45) is 1.64. The lowest BCUT2D eigenvalue weighted by Gasteiger charge is -2.19. The van der Waals surface area contributed by atoms with Crippen LogP contribution < -0.4 is 0 Å². The van der Waals surface area contributed by atoms with Crippen molar-refractivity contribution in [3.63, 3.8) is 0 Å². The second-order valence-corrected chi connectivity index (χ2v) is 5.68. The molecule has 0 radical (unpaired) electrons. The quantitative estimate of drug-likeness (QED) is 0.753. The summed E-state index contributed by atoms with van der Waals surface area (Å²) in [7, 11) is 0. The minimum Gasteiger partial charge on any atom is -0.460 e. The molecule has 0 fully saturated rings. The predicted molar refractivity (Wildman–Crippen MR) is 68.6 cm³/mol. The van der Waals surface area contributed by atoms with Gasteiger partial charge in [0.1, 0.15) is 5.60 Å². The van der Waals surface area contributed by atoms with Gasteiger partial charge in [0.05, 0.1) is 6.42 Å². The Labute approximate surface area is 107 Å². The molecule has 0 spiro atoms. The fourth-order valence-corrected chi connectivity index (χ4v) is 2.16. The normalized spacial score (nSPS) is 14.5. The lowest BCUT2D eigenvalue weighted by Crippen LogP contribution is -2.24. The van der Waals surface area contributed by atoms with Crippen LogP contribution in [0.2, 0.25) is 0 Å². The summed E-state index contributed by atoms with van der Waals surface area (Å²) in [5.74, 6) is -0.0272. The second-order valence-electron chi connectivity index (χ2n) is 5.68. The number of hydrogen-bond acceptors (Lipinski definition) is 3. The van der Waals surface area contributed by atoms with E-state index in [-0.39, 0.29) is 18.2 Å². The zero-order valence-electron chi connectivity index (χ0n) is 11.1. The average molecular weight is 246 g/mol. The van der Waals surface area contributed by atoms with Gasteiger partial charge < -0.3 is 4.74 Å². The van der Waals surface area contributed by atoms with E-state index in [1.165, 1.54) is 0 Å². The molecule has 18 heavy (non-hydrogen) atoms. The summed E-state index contributed by atoms with van der Waals surface area (Å²) in [6, 6.07) is 5.61. The molecule has 0 saturated carbocycles. The molecule has 0 aromatic heterocycles. The van der Waals surface area contributed by atoms with Crippen LogP contribution in [0.5, 0.6) is 0 Å². The third-order valence-electron chi connectivity index (χ3n) is 2.86. The van der Waals surface area contributed by atoms with Crippen LogP contribution in [0.4, 0.5) is 0 Å². The van der Waals surface area contributed by atoms with Crippen LogP contribution in [-0.2, 0) is 22.4 Å². The summed E-state index contributed by atoms with van der Waals surface area (Å²) in [5.41, 5.74) is 2.32. The highest BCUT2D eigenvalue weighted by molar-refractivity contribution is 6.00. The number of esters is 1. The first kappa shape index (κ1) is 12.8. The zero-order chi connectivity index (χ0) is 13.3. The van der Waals surface area contributed by atoms with Gasteiger partial charge in [-0.2, -0.15) is 0 Å². The van der Waals surface area contributed by atoms with Gasteiger partial charge in [-0.25, -0.2) is 0 Å². The van der Waals surface area contributed by atoms with E-state index in [0.717, 1.165) is 23.1 Å². The number of rotatable bonds is 2. The molecule has 1 aromatic rings. The summed E-state index contributed by atoms with van der Waals surface area (Å²) >= 11 is 0. The Hall–Kier alpha value is -1.64. The largest absolute Gasteiger partial charge is 0.460 e. The smallest absolute Gasteiger partial charge is 0.310 e. The lowest BCUT2D eigenvalue weighted by atomic mass is 10.0. The van der Waals surface area contributed by atoms with Gasteiger partial charge in [0.25, 0.3) is 0 Å². The van der Waals surface area contributed by atoms with Crippen molar-refractivity contribution in [1.82, 2.24) is 0 Å². The molecule has 1 aromatic carbocycles. The molecule has 0 aliphatic heterocycles. The van der Waals surface area contributed by atoms with Crippen LogP contribution in [0, 0.1) is 0 Å². The Morgan fingerprint density at radius 3 is 2.67 bits per heavy atom. The van der Waals surface area contributed by atoms with Crippen LogP contribution >= 0.6 is 0 Å². The number of carbonyl (C=O) groups excluding carboxylic acids is 2. The first-order valence-corrected chi connectivity index (χ1v) is 6.22. The highest BCUT2D eigenvalue weighted by Crippen LogP contribution is 2.23. The molecule has 0 saturated heterocycles. The SMILES string of the molecule is CC(C)(C)OC(=O)Cc1ccc2c(c1)CCC2=O. The molecule has 3 heteroatoms. The van der Waals surface area contributed by atoms with Crippen molar-refractivity contribution < 1.29 is 14.3 Å². The zero-order valence-corrected chi connectivity index (χ0v) is 11.1. The highest BCUT2D eigenvalue weighted by Gasteiger charge is 2.21. The van der Waals surface area contributed by atoms with Crippen LogP contribution in [0.25, 0.3) is 0 Å². The Morgan fingerprint density at radius 1 is 1.28 bits per heavy atom. The minimum absolute atomic E-state index is 0.203. The van der Waals surface area contributed by atoms with Crippen LogP contribution in [0.3, 0.4) is 0 Å². The fraction of sp³-hybridized carbons (Fsp3) is 0.467. The first-order valence-electron chi connectivity index (χ1n) is 6.22. The van der Waals surface area contributed by atoms with Crippen molar-refractivity contribution in [3.8, 4) is 0 Å². The van der Waals surface area contributed by atoms with Gasteiger partial charge in [-0.05, 0) is 38.3 Å². The van der Waals surface area contributed by atoms with E-state index in [1.54, 1.807) is 0 Å². The molecule has 3 nitrogen and oxygen atoms in total. The molecule has 0 atom stereocenters. The van der Waals surface area contributed by atoms with Gasteiger partial charge in [0, 0.05) is 12.0 Å². The molecule has 0 unspecified atom stereocenters. The Bertz CT molecular complexity index is 495. The number of carbonyl (C=O) groups is 2. The van der Waals surface area contributed by atoms with Crippen molar-refractivity contribution in [2.75, 3.05) is 0 Å². The Balaban J connectivity index is 2.08. The second kappa shape index (κ2) is 4.56. The fourth-order valence-electron chi connectivity index (χ4n) is 2.16. The van der Waals surface area contributed by atoms with Gasteiger partial charge in [-0.3, -0.25) is 9.59 Å². The molecule has 1 aliphatic rings. The number of ketones is 1. The third-order valence-corrected chi connectivity index (χ3v) is 2.86. The maximum Gasteiger partial charge on any atom is 0.310 e. The first-order chi connectivity index (χ1) is 8.35. The lowest BCUT2D eigenvalue weighted by molar-refractivity contribution is -0.153. The van der Waals surface area contributed by atoms with Crippen LogP contribution in [0.1, 0.15) is 48.7 Å².